The quantitative estimate of drug-likeness (QED) is 0.580. The summed E-state index contributed by atoms with van der Waals surface area (Å²) >= 11 is 0. The molecule has 0 aliphatic heterocycles. The van der Waals surface area contributed by atoms with Crippen molar-refractivity contribution < 1.29 is 0 Å². The maximum absolute atomic E-state index is 2.39. The monoisotopic (exact) mass is 164 g/mol. The number of hydrogen-bond donors (Lipinski definition) is 0. The highest BCUT2D eigenvalue weighted by Gasteiger charge is 2.27. The van der Waals surface area contributed by atoms with Gasteiger partial charge in [0, 0.05) is 0 Å². The number of hydrogen-bond acceptors (Lipinski definition) is 0. The van der Waals surface area contributed by atoms with Crippen molar-refractivity contribution in [1.29, 1.82) is 0 Å². The van der Waals surface area contributed by atoms with Crippen LogP contribution in [-0.2, 0) is 0 Å². The molecular formula is C12H20. The standard InChI is InChI=1S/C12H20/c1-5-11(3)12(4)8-6-10(2)7-9-12/h6-8,11H,5,9H2,1-4H3. The third kappa shape index (κ3) is 1.80. The molecule has 1 rings (SSSR count). The first-order valence-electron chi connectivity index (χ1n) is 4.94. The van der Waals surface area contributed by atoms with Crippen molar-refractivity contribution in [3.8, 4) is 0 Å². The van der Waals surface area contributed by atoms with Gasteiger partial charge in [-0.3, -0.25) is 0 Å². The lowest BCUT2D eigenvalue weighted by Gasteiger charge is -2.33. The van der Waals surface area contributed by atoms with E-state index in [1.807, 2.05) is 0 Å². The van der Waals surface area contributed by atoms with Gasteiger partial charge in [0.1, 0.15) is 0 Å². The first kappa shape index (κ1) is 9.57. The maximum atomic E-state index is 2.39. The third-order valence-electron chi connectivity index (χ3n) is 3.33. The molecule has 0 N–H and O–H groups in total. The Morgan fingerprint density at radius 2 is 2.25 bits per heavy atom. The second-order valence-electron chi connectivity index (χ2n) is 4.30. The van der Waals surface area contributed by atoms with Crippen LogP contribution in [0.3, 0.4) is 0 Å². The fraction of sp³-hybridized carbons (Fsp3) is 0.667. The second-order valence-corrected chi connectivity index (χ2v) is 4.30. The molecule has 0 aromatic heterocycles. The highest BCUT2D eigenvalue weighted by atomic mass is 14.3. The highest BCUT2D eigenvalue weighted by Crippen LogP contribution is 2.38. The second kappa shape index (κ2) is 3.47. The zero-order chi connectivity index (χ0) is 9.19. The summed E-state index contributed by atoms with van der Waals surface area (Å²) in [5, 5.41) is 0. The molecule has 0 radical (unpaired) electrons. The van der Waals surface area contributed by atoms with Crippen LogP contribution in [0.2, 0.25) is 0 Å². The van der Waals surface area contributed by atoms with Gasteiger partial charge in [0.2, 0.25) is 0 Å². The van der Waals surface area contributed by atoms with E-state index in [-0.39, 0.29) is 0 Å². The summed E-state index contributed by atoms with van der Waals surface area (Å²) in [5.74, 6) is 0.790. The predicted molar refractivity (Wildman–Crippen MR) is 55.1 cm³/mol. The lowest BCUT2D eigenvalue weighted by Crippen LogP contribution is -2.23. The van der Waals surface area contributed by atoms with Gasteiger partial charge in [-0.15, -0.1) is 0 Å². The van der Waals surface area contributed by atoms with E-state index in [0.29, 0.717) is 5.41 Å². The first-order valence-corrected chi connectivity index (χ1v) is 4.94. The molecular weight excluding hydrogens is 144 g/mol. The van der Waals surface area contributed by atoms with Crippen molar-refractivity contribution in [3.05, 3.63) is 23.8 Å². The van der Waals surface area contributed by atoms with Crippen LogP contribution in [0.1, 0.15) is 40.5 Å². The van der Waals surface area contributed by atoms with E-state index in [2.05, 4.69) is 45.9 Å². The van der Waals surface area contributed by atoms with Crippen molar-refractivity contribution in [3.63, 3.8) is 0 Å². The molecule has 0 spiro atoms. The highest BCUT2D eigenvalue weighted by molar-refractivity contribution is 5.24. The first-order chi connectivity index (χ1) is 5.58. The van der Waals surface area contributed by atoms with Gasteiger partial charge in [-0.1, -0.05) is 51.0 Å². The fourth-order valence-corrected chi connectivity index (χ4v) is 1.67. The number of allylic oxidation sites excluding steroid dienone is 4. The van der Waals surface area contributed by atoms with Crippen molar-refractivity contribution in [1.82, 2.24) is 0 Å². The normalized spacial score (nSPS) is 31.5. The van der Waals surface area contributed by atoms with Crippen molar-refractivity contribution in [2.45, 2.75) is 40.5 Å². The SMILES string of the molecule is CCC(C)C1(C)C=CC(C)=CC1. The Hall–Kier alpha value is -0.520. The minimum absolute atomic E-state index is 0.411. The molecule has 12 heavy (non-hydrogen) atoms. The van der Waals surface area contributed by atoms with Crippen molar-refractivity contribution >= 4 is 0 Å². The molecule has 0 heterocycles. The van der Waals surface area contributed by atoms with Crippen LogP contribution in [0, 0.1) is 11.3 Å². The van der Waals surface area contributed by atoms with Crippen LogP contribution in [0.15, 0.2) is 23.8 Å². The summed E-state index contributed by atoms with van der Waals surface area (Å²) < 4.78 is 0. The summed E-state index contributed by atoms with van der Waals surface area (Å²) in [5.41, 5.74) is 1.82. The Kier molecular flexibility index (Phi) is 2.76. The topological polar surface area (TPSA) is 0 Å². The van der Waals surface area contributed by atoms with Crippen molar-refractivity contribution in [2.24, 2.45) is 11.3 Å². The average molecular weight is 164 g/mol. The van der Waals surface area contributed by atoms with Gasteiger partial charge in [-0.25, -0.2) is 0 Å². The molecule has 0 saturated heterocycles. The minimum Gasteiger partial charge on any atom is -0.0807 e. The van der Waals surface area contributed by atoms with Gasteiger partial charge in [0.05, 0.1) is 0 Å². The van der Waals surface area contributed by atoms with Gasteiger partial charge >= 0.3 is 0 Å². The van der Waals surface area contributed by atoms with E-state index in [0.717, 1.165) is 5.92 Å². The van der Waals surface area contributed by atoms with Crippen LogP contribution in [0.4, 0.5) is 0 Å². The number of rotatable bonds is 2. The minimum atomic E-state index is 0.411. The zero-order valence-corrected chi connectivity index (χ0v) is 8.72. The largest absolute Gasteiger partial charge is 0.0807 e. The Morgan fingerprint density at radius 1 is 1.58 bits per heavy atom. The summed E-state index contributed by atoms with van der Waals surface area (Å²) in [6.07, 6.45) is 9.48. The van der Waals surface area contributed by atoms with E-state index in [1.54, 1.807) is 0 Å². The molecule has 1 aliphatic rings. The van der Waals surface area contributed by atoms with Crippen LogP contribution in [-0.4, -0.2) is 0 Å². The Labute approximate surface area is 76.4 Å². The Morgan fingerprint density at radius 3 is 2.67 bits per heavy atom. The molecule has 1 aliphatic carbocycles. The van der Waals surface area contributed by atoms with Gasteiger partial charge in [-0.05, 0) is 24.7 Å². The summed E-state index contributed by atoms with van der Waals surface area (Å²) in [6.45, 7) is 9.15. The Bertz CT molecular complexity index is 210. The van der Waals surface area contributed by atoms with E-state index in [4.69, 9.17) is 0 Å². The molecule has 0 aromatic rings. The molecule has 0 fully saturated rings. The Balaban J connectivity index is 2.71. The van der Waals surface area contributed by atoms with Crippen LogP contribution in [0.25, 0.3) is 0 Å². The molecule has 2 unspecified atom stereocenters. The van der Waals surface area contributed by atoms with Crippen LogP contribution >= 0.6 is 0 Å². The van der Waals surface area contributed by atoms with Gasteiger partial charge in [0.15, 0.2) is 0 Å². The van der Waals surface area contributed by atoms with Crippen molar-refractivity contribution in [2.75, 3.05) is 0 Å². The average Bonchev–Trinajstić information content (AvgIpc) is 2.09. The fourth-order valence-electron chi connectivity index (χ4n) is 1.67. The lowest BCUT2D eigenvalue weighted by molar-refractivity contribution is 0.268. The molecule has 2 atom stereocenters. The molecule has 0 bridgehead atoms. The predicted octanol–water partition coefficient (Wildman–Crippen LogP) is 3.95. The molecule has 0 aromatic carbocycles. The van der Waals surface area contributed by atoms with Crippen LogP contribution < -0.4 is 0 Å². The summed E-state index contributed by atoms with van der Waals surface area (Å²) in [7, 11) is 0. The lowest BCUT2D eigenvalue weighted by atomic mass is 9.72. The summed E-state index contributed by atoms with van der Waals surface area (Å²) in [6, 6.07) is 0. The van der Waals surface area contributed by atoms with E-state index in [1.165, 1.54) is 18.4 Å². The van der Waals surface area contributed by atoms with E-state index < -0.39 is 0 Å². The molecule has 0 saturated carbocycles. The van der Waals surface area contributed by atoms with Gasteiger partial charge in [-0.2, -0.15) is 0 Å². The molecule has 0 nitrogen and oxygen atoms in total. The van der Waals surface area contributed by atoms with Gasteiger partial charge in [0.25, 0.3) is 0 Å². The molecule has 68 valence electrons. The van der Waals surface area contributed by atoms with E-state index >= 15 is 0 Å². The van der Waals surface area contributed by atoms with Crippen LogP contribution in [0.5, 0.6) is 0 Å². The van der Waals surface area contributed by atoms with Gasteiger partial charge < -0.3 is 0 Å². The van der Waals surface area contributed by atoms with E-state index in [9.17, 15) is 0 Å². The molecule has 0 heteroatoms. The molecule has 0 amide bonds. The maximum Gasteiger partial charge on any atom is -0.00831 e. The third-order valence-corrected chi connectivity index (χ3v) is 3.33. The zero-order valence-electron chi connectivity index (χ0n) is 8.72. The smallest absolute Gasteiger partial charge is 0.00831 e. The summed E-state index contributed by atoms with van der Waals surface area (Å²) in [4.78, 5) is 0.